The van der Waals surface area contributed by atoms with Crippen molar-refractivity contribution in [3.05, 3.63) is 46.8 Å². The van der Waals surface area contributed by atoms with E-state index >= 15 is 0 Å². The third-order valence-electron chi connectivity index (χ3n) is 4.27. The molecule has 1 amide bonds. The zero-order valence-electron chi connectivity index (χ0n) is 16.6. The summed E-state index contributed by atoms with van der Waals surface area (Å²) in [6.45, 7) is 4.03. The van der Waals surface area contributed by atoms with E-state index in [1.165, 1.54) is 11.8 Å². The number of hydrogen-bond acceptors (Lipinski definition) is 7. The van der Waals surface area contributed by atoms with Crippen LogP contribution in [0.5, 0.6) is 0 Å². The molecule has 0 atom stereocenters. The molecule has 3 rings (SSSR count). The Morgan fingerprint density at radius 3 is 2.69 bits per heavy atom. The molecule has 29 heavy (non-hydrogen) atoms. The molecule has 1 aromatic carbocycles. The summed E-state index contributed by atoms with van der Waals surface area (Å²) in [7, 11) is -3.35. The van der Waals surface area contributed by atoms with Crippen molar-refractivity contribution in [3.63, 3.8) is 0 Å². The summed E-state index contributed by atoms with van der Waals surface area (Å²) < 4.78 is 26.8. The van der Waals surface area contributed by atoms with Gasteiger partial charge >= 0.3 is 0 Å². The number of benzene rings is 1. The average Bonchev–Trinajstić information content (AvgIpc) is 3.05. The van der Waals surface area contributed by atoms with E-state index in [9.17, 15) is 13.2 Å². The van der Waals surface area contributed by atoms with Gasteiger partial charge in [-0.05, 0) is 37.8 Å². The van der Waals surface area contributed by atoms with Gasteiger partial charge in [-0.15, -0.1) is 5.10 Å². The Morgan fingerprint density at radius 1 is 1.24 bits per heavy atom. The molecule has 0 unspecified atom stereocenters. The number of nitrogens with zero attached hydrogens (tertiary/aromatic N) is 4. The highest BCUT2D eigenvalue weighted by Crippen LogP contribution is 2.17. The molecule has 0 bridgehead atoms. The van der Waals surface area contributed by atoms with Crippen molar-refractivity contribution in [1.82, 2.24) is 24.9 Å². The highest BCUT2D eigenvalue weighted by atomic mass is 32.2. The van der Waals surface area contributed by atoms with E-state index in [1.807, 2.05) is 26.2 Å². The Balaban J connectivity index is 1.71. The van der Waals surface area contributed by atoms with Crippen molar-refractivity contribution >= 4 is 39.2 Å². The minimum Gasteiger partial charge on any atom is -0.352 e. The number of carbonyl (C=O) groups excluding carboxylic acids is 1. The number of carbonyl (C=O) groups is 1. The summed E-state index contributed by atoms with van der Waals surface area (Å²) >= 11 is 1.43. The van der Waals surface area contributed by atoms with E-state index in [-0.39, 0.29) is 18.9 Å². The zero-order chi connectivity index (χ0) is 21.2. The molecule has 0 saturated carbocycles. The smallest absolute Gasteiger partial charge is 0.253 e. The van der Waals surface area contributed by atoms with Crippen LogP contribution in [0.4, 0.5) is 5.69 Å². The maximum absolute atomic E-state index is 12.5. The van der Waals surface area contributed by atoms with E-state index in [4.69, 9.17) is 0 Å². The number of hydrogen-bond donors (Lipinski definition) is 2. The van der Waals surface area contributed by atoms with Crippen molar-refractivity contribution in [3.8, 4) is 0 Å². The van der Waals surface area contributed by atoms with Crippen LogP contribution in [0, 0.1) is 13.8 Å². The van der Waals surface area contributed by atoms with Crippen LogP contribution < -0.4 is 10.0 Å². The Bertz CT molecular complexity index is 1170. The van der Waals surface area contributed by atoms with Crippen molar-refractivity contribution in [2.45, 2.75) is 32.0 Å². The lowest BCUT2D eigenvalue weighted by atomic mass is 10.1. The number of rotatable bonds is 7. The molecule has 2 N–H and O–H groups in total. The predicted molar refractivity (Wildman–Crippen MR) is 112 cm³/mol. The lowest BCUT2D eigenvalue weighted by molar-refractivity contribution is -0.120. The molecule has 2 aromatic heterocycles. The molecule has 0 spiro atoms. The molecule has 0 fully saturated rings. The quantitative estimate of drug-likeness (QED) is 0.543. The molecule has 9 nitrogen and oxygen atoms in total. The Kier molecular flexibility index (Phi) is 6.08. The zero-order valence-corrected chi connectivity index (χ0v) is 18.2. The number of aromatic nitrogens is 4. The predicted octanol–water partition coefficient (Wildman–Crippen LogP) is 1.69. The molecule has 0 radical (unpaired) electrons. The number of thioether (sulfide) groups is 1. The minimum atomic E-state index is -3.35. The monoisotopic (exact) mass is 434 g/mol. The van der Waals surface area contributed by atoms with Gasteiger partial charge in [-0.2, -0.15) is 4.98 Å². The molecule has 0 aliphatic heterocycles. The first-order valence-corrected chi connectivity index (χ1v) is 11.9. The number of amides is 1. The molecular weight excluding hydrogens is 412 g/mol. The van der Waals surface area contributed by atoms with Crippen LogP contribution >= 0.6 is 11.8 Å². The molecule has 0 saturated heterocycles. The first kappa shape index (κ1) is 21.1. The molecule has 0 aliphatic carbocycles. The number of fused-ring (bicyclic) bond motifs is 1. The highest BCUT2D eigenvalue weighted by molar-refractivity contribution is 7.98. The summed E-state index contributed by atoms with van der Waals surface area (Å²) in [5.41, 5.74) is 3.62. The normalized spacial score (nSPS) is 11.6. The first-order valence-electron chi connectivity index (χ1n) is 8.76. The Hall–Kier alpha value is -2.66. The third kappa shape index (κ3) is 5.24. The van der Waals surface area contributed by atoms with Crippen LogP contribution in [-0.2, 0) is 27.8 Å². The van der Waals surface area contributed by atoms with E-state index in [0.717, 1.165) is 28.8 Å². The van der Waals surface area contributed by atoms with E-state index < -0.39 is 10.0 Å². The second-order valence-corrected chi connectivity index (χ2v) is 9.12. The Labute approximate surface area is 173 Å². The number of sulfonamides is 1. The van der Waals surface area contributed by atoms with Gasteiger partial charge in [0.05, 0.1) is 12.7 Å². The fourth-order valence-electron chi connectivity index (χ4n) is 2.91. The van der Waals surface area contributed by atoms with E-state index in [2.05, 4.69) is 25.1 Å². The SMILES string of the molecule is CSc1nc2nc(C)c(CC(=O)NCc3cccc(NS(C)(=O)=O)c3)c(C)n2n1. The molecule has 3 aromatic rings. The van der Waals surface area contributed by atoms with E-state index in [1.54, 1.807) is 22.7 Å². The van der Waals surface area contributed by atoms with Gasteiger partial charge in [0.25, 0.3) is 5.78 Å². The van der Waals surface area contributed by atoms with Crippen LogP contribution in [0.25, 0.3) is 5.78 Å². The maximum Gasteiger partial charge on any atom is 0.253 e. The highest BCUT2D eigenvalue weighted by Gasteiger charge is 2.16. The Morgan fingerprint density at radius 2 is 2.00 bits per heavy atom. The maximum atomic E-state index is 12.5. The molecule has 154 valence electrons. The molecule has 11 heteroatoms. The van der Waals surface area contributed by atoms with E-state index in [0.29, 0.717) is 16.6 Å². The summed E-state index contributed by atoms with van der Waals surface area (Å²) in [6, 6.07) is 6.89. The summed E-state index contributed by atoms with van der Waals surface area (Å²) in [5.74, 6) is 0.354. The van der Waals surface area contributed by atoms with Crippen LogP contribution in [0.3, 0.4) is 0 Å². The van der Waals surface area contributed by atoms with Crippen LogP contribution in [0.15, 0.2) is 29.4 Å². The van der Waals surface area contributed by atoms with Gasteiger partial charge < -0.3 is 5.32 Å². The topological polar surface area (TPSA) is 118 Å². The lowest BCUT2D eigenvalue weighted by Gasteiger charge is -2.11. The molecular formula is C18H22N6O3S2. The molecule has 2 heterocycles. The van der Waals surface area contributed by atoms with Crippen molar-refractivity contribution in [2.24, 2.45) is 0 Å². The van der Waals surface area contributed by atoms with Gasteiger partial charge in [-0.3, -0.25) is 9.52 Å². The summed E-state index contributed by atoms with van der Waals surface area (Å²) in [4.78, 5) is 21.3. The van der Waals surface area contributed by atoms with Crippen molar-refractivity contribution in [1.29, 1.82) is 0 Å². The third-order valence-corrected chi connectivity index (χ3v) is 5.41. The fraction of sp³-hybridized carbons (Fsp3) is 0.333. The van der Waals surface area contributed by atoms with Crippen LogP contribution in [0.1, 0.15) is 22.5 Å². The standard InChI is InChI=1S/C18H22N6O3S2/c1-11-15(12(2)24-17(20-11)21-18(22-24)28-3)9-16(25)19-10-13-6-5-7-14(8-13)23-29(4,26)27/h5-8,23H,9-10H2,1-4H3,(H,19,25). The average molecular weight is 435 g/mol. The lowest BCUT2D eigenvalue weighted by Crippen LogP contribution is -2.26. The fourth-order valence-corrected chi connectivity index (χ4v) is 3.81. The van der Waals surface area contributed by atoms with Gasteiger partial charge in [0.1, 0.15) is 0 Å². The van der Waals surface area contributed by atoms with Crippen LogP contribution in [-0.4, -0.2) is 46.4 Å². The minimum absolute atomic E-state index is 0.163. The van der Waals surface area contributed by atoms with Crippen LogP contribution in [0.2, 0.25) is 0 Å². The number of aryl methyl sites for hydroxylation is 2. The van der Waals surface area contributed by atoms with Gasteiger partial charge in [-0.25, -0.2) is 17.9 Å². The second kappa shape index (κ2) is 8.37. The number of nitrogens with one attached hydrogen (secondary N) is 2. The van der Waals surface area contributed by atoms with Gasteiger partial charge in [-0.1, -0.05) is 23.9 Å². The van der Waals surface area contributed by atoms with Gasteiger partial charge in [0, 0.05) is 29.2 Å². The first-order chi connectivity index (χ1) is 13.7. The largest absolute Gasteiger partial charge is 0.352 e. The van der Waals surface area contributed by atoms with Crippen molar-refractivity contribution < 1.29 is 13.2 Å². The van der Waals surface area contributed by atoms with Crippen molar-refractivity contribution in [2.75, 3.05) is 17.2 Å². The number of anilines is 1. The molecule has 0 aliphatic rings. The second-order valence-electron chi connectivity index (χ2n) is 6.60. The van der Waals surface area contributed by atoms with Gasteiger partial charge in [0.2, 0.25) is 21.1 Å². The summed E-state index contributed by atoms with van der Waals surface area (Å²) in [6.07, 6.45) is 3.15. The van der Waals surface area contributed by atoms with Gasteiger partial charge in [0.15, 0.2) is 0 Å². The summed E-state index contributed by atoms with van der Waals surface area (Å²) in [5, 5.41) is 7.88.